The van der Waals surface area contributed by atoms with Crippen LogP contribution in [0.25, 0.3) is 0 Å². The maximum atomic E-state index is 9.37. The van der Waals surface area contributed by atoms with Gasteiger partial charge in [0.15, 0.2) is 5.82 Å². The number of rotatable bonds is 8. The van der Waals surface area contributed by atoms with Gasteiger partial charge in [0, 0.05) is 12.6 Å². The van der Waals surface area contributed by atoms with Crippen molar-refractivity contribution >= 4 is 5.82 Å². The Morgan fingerprint density at radius 2 is 1.82 bits per heavy atom. The van der Waals surface area contributed by atoms with E-state index >= 15 is 0 Å². The van der Waals surface area contributed by atoms with Gasteiger partial charge in [-0.15, -0.1) is 5.10 Å². The summed E-state index contributed by atoms with van der Waals surface area (Å²) in [5.41, 5.74) is 2.32. The zero-order valence-electron chi connectivity index (χ0n) is 14.8. The van der Waals surface area contributed by atoms with Crippen molar-refractivity contribution in [2.24, 2.45) is 5.92 Å². The number of hydrogen-bond acceptors (Lipinski definition) is 5. The molecule has 0 aromatic carbocycles. The molecule has 0 amide bonds. The van der Waals surface area contributed by atoms with E-state index in [9.17, 15) is 5.26 Å². The molecule has 1 heterocycles. The highest BCUT2D eigenvalue weighted by Crippen LogP contribution is 2.18. The lowest BCUT2D eigenvalue weighted by atomic mass is 10.0. The SMILES string of the molecule is CCN(CC)[C@H](CNc1nnc(C)c(C)c1C#N)CC(C)C. The zero-order chi connectivity index (χ0) is 16.7. The largest absolute Gasteiger partial charge is 0.366 e. The molecule has 1 rings (SSSR count). The van der Waals surface area contributed by atoms with Gasteiger partial charge in [-0.2, -0.15) is 10.4 Å². The van der Waals surface area contributed by atoms with Crippen LogP contribution in [0.1, 0.15) is 50.9 Å². The molecule has 0 spiro atoms. The van der Waals surface area contributed by atoms with E-state index < -0.39 is 0 Å². The molecule has 122 valence electrons. The summed E-state index contributed by atoms with van der Waals surface area (Å²) in [4.78, 5) is 2.45. The van der Waals surface area contributed by atoms with Crippen LogP contribution in [-0.4, -0.2) is 40.8 Å². The minimum absolute atomic E-state index is 0.435. The third-order valence-electron chi connectivity index (χ3n) is 4.14. The number of hydrogen-bond donors (Lipinski definition) is 1. The van der Waals surface area contributed by atoms with Gasteiger partial charge in [0.05, 0.1) is 5.69 Å². The van der Waals surface area contributed by atoms with Gasteiger partial charge in [0.25, 0.3) is 0 Å². The number of aryl methyl sites for hydroxylation is 1. The fourth-order valence-corrected chi connectivity index (χ4v) is 2.73. The van der Waals surface area contributed by atoms with Crippen molar-refractivity contribution in [3.05, 3.63) is 16.8 Å². The highest BCUT2D eigenvalue weighted by molar-refractivity contribution is 5.55. The average Bonchev–Trinajstić information content (AvgIpc) is 2.48. The molecule has 0 saturated carbocycles. The molecule has 1 aromatic rings. The molecule has 5 nitrogen and oxygen atoms in total. The first-order chi connectivity index (χ1) is 10.4. The van der Waals surface area contributed by atoms with Crippen LogP contribution in [0.2, 0.25) is 0 Å². The molecule has 1 N–H and O–H groups in total. The molecule has 0 unspecified atom stereocenters. The highest BCUT2D eigenvalue weighted by atomic mass is 15.2. The molecule has 0 aliphatic rings. The lowest BCUT2D eigenvalue weighted by molar-refractivity contribution is 0.199. The zero-order valence-corrected chi connectivity index (χ0v) is 14.8. The molecule has 1 aromatic heterocycles. The van der Waals surface area contributed by atoms with Crippen molar-refractivity contribution in [2.45, 2.75) is 54.0 Å². The maximum absolute atomic E-state index is 9.37. The number of likely N-dealkylation sites (N-methyl/N-ethyl adjacent to an activating group) is 1. The second-order valence-corrected chi connectivity index (χ2v) is 6.13. The van der Waals surface area contributed by atoms with Gasteiger partial charge in [-0.1, -0.05) is 27.7 Å². The van der Waals surface area contributed by atoms with Crippen molar-refractivity contribution in [3.8, 4) is 6.07 Å². The van der Waals surface area contributed by atoms with Crippen LogP contribution in [0.4, 0.5) is 5.82 Å². The van der Waals surface area contributed by atoms with Crippen molar-refractivity contribution in [2.75, 3.05) is 25.0 Å². The van der Waals surface area contributed by atoms with Crippen LogP contribution in [-0.2, 0) is 0 Å². The number of anilines is 1. The lowest BCUT2D eigenvalue weighted by Gasteiger charge is -2.31. The van der Waals surface area contributed by atoms with Crippen LogP contribution in [0.5, 0.6) is 0 Å². The lowest BCUT2D eigenvalue weighted by Crippen LogP contribution is -2.41. The fraction of sp³-hybridized carbons (Fsp3) is 0.706. The summed E-state index contributed by atoms with van der Waals surface area (Å²) >= 11 is 0. The van der Waals surface area contributed by atoms with Crippen LogP contribution in [0.3, 0.4) is 0 Å². The third-order valence-corrected chi connectivity index (χ3v) is 4.14. The van der Waals surface area contributed by atoms with Crippen LogP contribution < -0.4 is 5.32 Å². The summed E-state index contributed by atoms with van der Waals surface area (Å²) in [6.45, 7) is 15.5. The van der Waals surface area contributed by atoms with Gasteiger partial charge in [-0.3, -0.25) is 4.90 Å². The van der Waals surface area contributed by atoms with Gasteiger partial charge in [0.1, 0.15) is 11.6 Å². The second-order valence-electron chi connectivity index (χ2n) is 6.13. The number of nitrogens with zero attached hydrogens (tertiary/aromatic N) is 4. The summed E-state index contributed by atoms with van der Waals surface area (Å²) in [5.74, 6) is 1.24. The standard InChI is InChI=1S/C17H29N5/c1-7-22(8-2)15(9-12(3)4)11-19-17-16(10-18)13(5)14(6)20-21-17/h12,15H,7-9,11H2,1-6H3,(H,19,21)/t15-/m0/s1. The molecule has 0 aliphatic carbocycles. The van der Waals surface area contributed by atoms with Crippen molar-refractivity contribution in [1.82, 2.24) is 15.1 Å². The number of nitriles is 1. The Morgan fingerprint density at radius 1 is 1.18 bits per heavy atom. The van der Waals surface area contributed by atoms with E-state index in [4.69, 9.17) is 0 Å². The van der Waals surface area contributed by atoms with E-state index in [1.807, 2.05) is 13.8 Å². The molecule has 1 atom stereocenters. The van der Waals surface area contributed by atoms with Gasteiger partial charge in [0.2, 0.25) is 0 Å². The van der Waals surface area contributed by atoms with E-state index in [2.05, 4.69) is 54.2 Å². The average molecular weight is 303 g/mol. The molecule has 22 heavy (non-hydrogen) atoms. The van der Waals surface area contributed by atoms with E-state index in [-0.39, 0.29) is 0 Å². The van der Waals surface area contributed by atoms with Crippen molar-refractivity contribution < 1.29 is 0 Å². The fourth-order valence-electron chi connectivity index (χ4n) is 2.73. The highest BCUT2D eigenvalue weighted by Gasteiger charge is 2.18. The van der Waals surface area contributed by atoms with Crippen LogP contribution in [0, 0.1) is 31.1 Å². The van der Waals surface area contributed by atoms with E-state index in [1.165, 1.54) is 0 Å². The molecule has 5 heteroatoms. The predicted molar refractivity (Wildman–Crippen MR) is 90.9 cm³/mol. The summed E-state index contributed by atoms with van der Waals surface area (Å²) < 4.78 is 0. The van der Waals surface area contributed by atoms with E-state index in [1.54, 1.807) is 0 Å². The summed E-state index contributed by atoms with van der Waals surface area (Å²) in [7, 11) is 0. The van der Waals surface area contributed by atoms with Gasteiger partial charge >= 0.3 is 0 Å². The minimum Gasteiger partial charge on any atom is -0.366 e. The quantitative estimate of drug-likeness (QED) is 0.799. The Labute approximate surface area is 134 Å². The molecule has 0 aliphatic heterocycles. The van der Waals surface area contributed by atoms with Gasteiger partial charge in [-0.25, -0.2) is 0 Å². The Balaban J connectivity index is 2.89. The first kappa shape index (κ1) is 18.4. The Kier molecular flexibility index (Phi) is 7.26. The Hall–Kier alpha value is -1.67. The van der Waals surface area contributed by atoms with Crippen LogP contribution >= 0.6 is 0 Å². The van der Waals surface area contributed by atoms with Gasteiger partial charge in [-0.05, 0) is 44.8 Å². The smallest absolute Gasteiger partial charge is 0.166 e. The molecular weight excluding hydrogens is 274 g/mol. The Morgan fingerprint density at radius 3 is 2.32 bits per heavy atom. The molecule has 0 saturated heterocycles. The number of nitrogens with one attached hydrogen (secondary N) is 1. The second kappa shape index (κ2) is 8.70. The predicted octanol–water partition coefficient (Wildman–Crippen LogP) is 3.13. The topological polar surface area (TPSA) is 64.8 Å². The number of aromatic nitrogens is 2. The van der Waals surface area contributed by atoms with E-state index in [0.29, 0.717) is 23.3 Å². The van der Waals surface area contributed by atoms with Crippen molar-refractivity contribution in [1.29, 1.82) is 5.26 Å². The molecule has 0 radical (unpaired) electrons. The first-order valence-electron chi connectivity index (χ1n) is 8.16. The van der Waals surface area contributed by atoms with Crippen LogP contribution in [0.15, 0.2) is 0 Å². The molecule has 0 fully saturated rings. The summed E-state index contributed by atoms with van der Waals surface area (Å²) in [5, 5.41) is 21.0. The van der Waals surface area contributed by atoms with Gasteiger partial charge < -0.3 is 5.32 Å². The molecule has 0 bridgehead atoms. The maximum Gasteiger partial charge on any atom is 0.166 e. The normalized spacial score (nSPS) is 12.5. The first-order valence-corrected chi connectivity index (χ1v) is 8.16. The minimum atomic E-state index is 0.435. The molecular formula is C17H29N5. The Bertz CT molecular complexity index is 515. The van der Waals surface area contributed by atoms with Crippen molar-refractivity contribution in [3.63, 3.8) is 0 Å². The summed E-state index contributed by atoms with van der Waals surface area (Å²) in [6.07, 6.45) is 1.12. The summed E-state index contributed by atoms with van der Waals surface area (Å²) in [6, 6.07) is 2.68. The monoisotopic (exact) mass is 303 g/mol. The van der Waals surface area contributed by atoms with E-state index in [0.717, 1.165) is 37.3 Å². The third kappa shape index (κ3) is 4.67.